The first kappa shape index (κ1) is 16.0. The molecule has 0 unspecified atom stereocenters. The van der Waals surface area contributed by atoms with Crippen molar-refractivity contribution in [2.75, 3.05) is 0 Å². The zero-order valence-electron chi connectivity index (χ0n) is 12.1. The first-order valence-corrected chi connectivity index (χ1v) is 7.73. The molecule has 2 aromatic rings. The number of hydrogen-bond acceptors (Lipinski definition) is 3. The van der Waals surface area contributed by atoms with Crippen LogP contribution in [0.3, 0.4) is 0 Å². The average molecular weight is 372 g/mol. The van der Waals surface area contributed by atoms with Crippen LogP contribution in [0.4, 0.5) is 0 Å². The van der Waals surface area contributed by atoms with Gasteiger partial charge in [0.2, 0.25) is 0 Å². The third-order valence-corrected chi connectivity index (χ3v) is 4.15. The zero-order chi connectivity index (χ0) is 15.6. The Labute approximate surface area is 137 Å². The average Bonchev–Trinajstić information content (AvgIpc) is 2.72. The summed E-state index contributed by atoms with van der Waals surface area (Å²) >= 11 is 9.66. The molecule has 6 heteroatoms. The van der Waals surface area contributed by atoms with E-state index in [1.165, 1.54) is 0 Å². The highest BCUT2D eigenvalue weighted by atomic mass is 79.9. The fourth-order valence-corrected chi connectivity index (χ4v) is 3.10. The highest BCUT2D eigenvalue weighted by Gasteiger charge is 2.15. The number of aryl methyl sites for hydroxylation is 3. The maximum atomic E-state index is 11.2. The lowest BCUT2D eigenvalue weighted by atomic mass is 10.1. The summed E-state index contributed by atoms with van der Waals surface area (Å²) in [5.74, 6) is 0.573. The molecule has 1 aromatic heterocycles. The van der Waals surface area contributed by atoms with Crippen molar-refractivity contribution in [1.29, 1.82) is 0 Å². The second-order valence-corrected chi connectivity index (χ2v) is 6.03. The number of aromatic nitrogens is 2. The van der Waals surface area contributed by atoms with Crippen LogP contribution in [0.25, 0.3) is 0 Å². The van der Waals surface area contributed by atoms with E-state index in [-0.39, 0.29) is 6.61 Å². The van der Waals surface area contributed by atoms with Gasteiger partial charge in [-0.15, -0.1) is 0 Å². The summed E-state index contributed by atoms with van der Waals surface area (Å²) in [6, 6.07) is 3.64. The van der Waals surface area contributed by atoms with Crippen molar-refractivity contribution in [3.8, 4) is 5.75 Å². The number of carbonyl (C=O) groups is 1. The molecule has 0 aliphatic rings. The van der Waals surface area contributed by atoms with Crippen molar-refractivity contribution in [2.24, 2.45) is 7.05 Å². The Morgan fingerprint density at radius 1 is 1.48 bits per heavy atom. The van der Waals surface area contributed by atoms with Gasteiger partial charge in [-0.2, -0.15) is 5.10 Å². The minimum atomic E-state index is 0.269. The quantitative estimate of drug-likeness (QED) is 0.743. The molecule has 0 fully saturated rings. The Morgan fingerprint density at radius 2 is 2.19 bits per heavy atom. The summed E-state index contributed by atoms with van der Waals surface area (Å²) in [6.07, 6.45) is 1.55. The summed E-state index contributed by atoms with van der Waals surface area (Å²) in [5.41, 5.74) is 3.05. The molecule has 21 heavy (non-hydrogen) atoms. The van der Waals surface area contributed by atoms with Gasteiger partial charge in [0.25, 0.3) is 0 Å². The second kappa shape index (κ2) is 6.62. The highest BCUT2D eigenvalue weighted by molar-refractivity contribution is 9.10. The van der Waals surface area contributed by atoms with Crippen molar-refractivity contribution in [2.45, 2.75) is 26.9 Å². The van der Waals surface area contributed by atoms with Crippen LogP contribution in [-0.4, -0.2) is 16.1 Å². The largest absolute Gasteiger partial charge is 0.486 e. The first-order valence-electron chi connectivity index (χ1n) is 6.56. The van der Waals surface area contributed by atoms with E-state index in [1.807, 2.05) is 27.0 Å². The van der Waals surface area contributed by atoms with E-state index in [4.69, 9.17) is 16.3 Å². The topological polar surface area (TPSA) is 44.1 Å². The zero-order valence-corrected chi connectivity index (χ0v) is 14.5. The Hall–Kier alpha value is -1.33. The molecule has 0 spiro atoms. The lowest BCUT2D eigenvalue weighted by Gasteiger charge is -2.12. The van der Waals surface area contributed by atoms with Gasteiger partial charge in [-0.3, -0.25) is 9.48 Å². The molecule has 2 rings (SSSR count). The van der Waals surface area contributed by atoms with Crippen LogP contribution in [0.2, 0.25) is 5.02 Å². The number of halogens is 2. The fourth-order valence-electron chi connectivity index (χ4n) is 2.16. The molecule has 0 bridgehead atoms. The van der Waals surface area contributed by atoms with E-state index in [9.17, 15) is 4.79 Å². The van der Waals surface area contributed by atoms with Crippen molar-refractivity contribution in [3.05, 3.63) is 44.1 Å². The molecule has 1 heterocycles. The van der Waals surface area contributed by atoms with Crippen molar-refractivity contribution < 1.29 is 9.53 Å². The number of carbonyl (C=O) groups excluding carboxylic acids is 1. The van der Waals surface area contributed by atoms with Crippen LogP contribution in [-0.2, 0) is 20.1 Å². The number of hydrogen-bond donors (Lipinski definition) is 0. The first-order chi connectivity index (χ1) is 9.97. The Bertz CT molecular complexity index is 683. The van der Waals surface area contributed by atoms with Gasteiger partial charge in [-0.05, 0) is 31.0 Å². The molecule has 0 saturated carbocycles. The Kier molecular flexibility index (Phi) is 5.06. The van der Waals surface area contributed by atoms with Crippen molar-refractivity contribution in [1.82, 2.24) is 9.78 Å². The molecule has 0 aliphatic carbocycles. The van der Waals surface area contributed by atoms with E-state index in [2.05, 4.69) is 21.0 Å². The predicted molar refractivity (Wildman–Crippen MR) is 86.2 cm³/mol. The molecule has 1 aromatic carbocycles. The third kappa shape index (κ3) is 3.30. The van der Waals surface area contributed by atoms with Gasteiger partial charge in [-0.25, -0.2) is 0 Å². The van der Waals surface area contributed by atoms with Gasteiger partial charge in [-0.1, -0.05) is 34.5 Å². The summed E-state index contributed by atoms with van der Waals surface area (Å²) in [6.45, 7) is 4.17. The van der Waals surface area contributed by atoms with Crippen LogP contribution in [0.15, 0.2) is 16.6 Å². The van der Waals surface area contributed by atoms with Crippen LogP contribution in [0.5, 0.6) is 5.75 Å². The van der Waals surface area contributed by atoms with Gasteiger partial charge in [0, 0.05) is 11.5 Å². The van der Waals surface area contributed by atoms with Gasteiger partial charge in [0.1, 0.15) is 12.4 Å². The molecule has 4 nitrogen and oxygen atoms in total. The van der Waals surface area contributed by atoms with Gasteiger partial charge < -0.3 is 4.74 Å². The summed E-state index contributed by atoms with van der Waals surface area (Å²) < 4.78 is 8.39. The second-order valence-electron chi connectivity index (χ2n) is 4.73. The molecular formula is C15H16BrClN2O2. The van der Waals surface area contributed by atoms with Gasteiger partial charge >= 0.3 is 0 Å². The molecular weight excluding hydrogens is 356 g/mol. The summed E-state index contributed by atoms with van der Waals surface area (Å²) in [4.78, 5) is 11.2. The lowest BCUT2D eigenvalue weighted by molar-refractivity contribution is 0.111. The summed E-state index contributed by atoms with van der Waals surface area (Å²) in [5, 5.41) is 4.97. The Morgan fingerprint density at radius 3 is 2.76 bits per heavy atom. The molecule has 0 aliphatic heterocycles. The van der Waals surface area contributed by atoms with E-state index < -0.39 is 0 Å². The molecule has 0 amide bonds. The molecule has 0 saturated heterocycles. The van der Waals surface area contributed by atoms with Crippen LogP contribution in [0.1, 0.15) is 34.2 Å². The highest BCUT2D eigenvalue weighted by Crippen LogP contribution is 2.29. The number of ether oxygens (including phenoxy) is 1. The lowest BCUT2D eigenvalue weighted by Crippen LogP contribution is -2.06. The van der Waals surface area contributed by atoms with Gasteiger partial charge in [0.05, 0.1) is 22.0 Å². The normalized spacial score (nSPS) is 10.7. The standard InChI is InChI=1S/C15H16BrClN2O2/c1-4-12-14(17)13(19(3)18-12)8-21-15-9(2)5-11(16)6-10(15)7-20/h5-7H,4,8H2,1-3H3. The van der Waals surface area contributed by atoms with E-state index >= 15 is 0 Å². The SMILES string of the molecule is CCc1nn(C)c(COc2c(C)cc(Br)cc2C=O)c1Cl. The third-order valence-electron chi connectivity index (χ3n) is 3.25. The van der Waals surface area contributed by atoms with Crippen LogP contribution in [0, 0.1) is 6.92 Å². The smallest absolute Gasteiger partial charge is 0.153 e. The Balaban J connectivity index is 2.29. The van der Waals surface area contributed by atoms with E-state index in [0.29, 0.717) is 16.3 Å². The van der Waals surface area contributed by atoms with Gasteiger partial charge in [0.15, 0.2) is 6.29 Å². The van der Waals surface area contributed by atoms with E-state index in [1.54, 1.807) is 10.7 Å². The molecule has 0 N–H and O–H groups in total. The minimum absolute atomic E-state index is 0.269. The van der Waals surface area contributed by atoms with Crippen molar-refractivity contribution in [3.63, 3.8) is 0 Å². The maximum Gasteiger partial charge on any atom is 0.153 e. The summed E-state index contributed by atoms with van der Waals surface area (Å²) in [7, 11) is 1.83. The number of rotatable bonds is 5. The predicted octanol–water partition coefficient (Wildman–Crippen LogP) is 4.10. The number of aldehydes is 1. The van der Waals surface area contributed by atoms with Crippen molar-refractivity contribution >= 4 is 33.8 Å². The minimum Gasteiger partial charge on any atom is -0.486 e. The van der Waals surface area contributed by atoms with Crippen LogP contribution >= 0.6 is 27.5 Å². The van der Waals surface area contributed by atoms with Crippen LogP contribution < -0.4 is 4.74 Å². The van der Waals surface area contributed by atoms with E-state index in [0.717, 1.165) is 34.1 Å². The fraction of sp³-hybridized carbons (Fsp3) is 0.333. The molecule has 112 valence electrons. The number of benzene rings is 1. The molecule has 0 atom stereocenters. The maximum absolute atomic E-state index is 11.2. The monoisotopic (exact) mass is 370 g/mol. The molecule has 0 radical (unpaired) electrons. The number of nitrogens with zero attached hydrogens (tertiary/aromatic N) is 2.